The number of nitrogens with zero attached hydrogens (tertiary/aromatic N) is 4. The Morgan fingerprint density at radius 3 is 1.36 bits per heavy atom. The smallest absolute Gasteiger partial charge is 0.259 e. The van der Waals surface area contributed by atoms with E-state index < -0.39 is 47.3 Å². The van der Waals surface area contributed by atoms with Crippen LogP contribution in [0.4, 0.5) is 34.1 Å². The van der Waals surface area contributed by atoms with Gasteiger partial charge in [0.15, 0.2) is 11.6 Å². The lowest BCUT2D eigenvalue weighted by Gasteiger charge is -2.19. The van der Waals surface area contributed by atoms with Crippen LogP contribution in [-0.4, -0.2) is 60.5 Å². The molecule has 4 amide bonds. The first-order valence-electron chi connectivity index (χ1n) is 20.1. The van der Waals surface area contributed by atoms with E-state index >= 15 is 0 Å². The van der Waals surface area contributed by atoms with E-state index in [1.165, 1.54) is 48.5 Å². The van der Waals surface area contributed by atoms with Gasteiger partial charge in [0.05, 0.1) is 34.4 Å². The zero-order valence-electron chi connectivity index (χ0n) is 35.8. The fraction of sp³-hybridized carbons (Fsp3) is 0.217. The zero-order chi connectivity index (χ0) is 47.9. The number of carbonyl (C=O) groups is 6. The third-order valence-electron chi connectivity index (χ3n) is 9.28. The topological polar surface area (TPSA) is 218 Å². The molecular weight excluding hydrogens is 934 g/mol. The Bertz CT molecular complexity index is 2690. The lowest BCUT2D eigenvalue weighted by Crippen LogP contribution is -2.32. The molecule has 0 saturated carbocycles. The van der Waals surface area contributed by atoms with Crippen LogP contribution in [0.5, 0.6) is 11.5 Å². The van der Waals surface area contributed by atoms with Gasteiger partial charge in [0.2, 0.25) is 12.1 Å². The molecule has 0 bridgehead atoms. The molecule has 0 radical (unpaired) electrons. The van der Waals surface area contributed by atoms with Crippen LogP contribution >= 0.6 is 46.4 Å². The van der Waals surface area contributed by atoms with E-state index in [4.69, 9.17) is 55.9 Å². The van der Waals surface area contributed by atoms with E-state index in [0.717, 1.165) is 13.8 Å². The molecule has 5 aromatic carbocycles. The highest BCUT2D eigenvalue weighted by atomic mass is 35.5. The Balaban J connectivity index is 1.35. The van der Waals surface area contributed by atoms with E-state index in [0.29, 0.717) is 22.5 Å². The van der Waals surface area contributed by atoms with Crippen molar-refractivity contribution < 1.29 is 38.2 Å². The van der Waals surface area contributed by atoms with Crippen molar-refractivity contribution in [3.05, 3.63) is 129 Å². The number of carbonyl (C=O) groups excluding carboxylic acids is 6. The number of nitrogens with one attached hydrogen (secondary N) is 4. The summed E-state index contributed by atoms with van der Waals surface area (Å²) >= 11 is 25.2. The first-order valence-corrected chi connectivity index (χ1v) is 21.9. The number of ether oxygens (including phenoxy) is 2. The largest absolute Gasteiger partial charge is 0.491 e. The molecule has 0 fully saturated rings. The fourth-order valence-electron chi connectivity index (χ4n) is 6.04. The summed E-state index contributed by atoms with van der Waals surface area (Å²) in [6.45, 7) is 5.81. The van der Waals surface area contributed by atoms with Gasteiger partial charge in [-0.2, -0.15) is 20.5 Å². The Labute approximate surface area is 399 Å². The maximum Gasteiger partial charge on any atom is 0.259 e. The van der Waals surface area contributed by atoms with Crippen molar-refractivity contribution in [1.29, 1.82) is 0 Å². The Kier molecular flexibility index (Phi) is 18.3. The van der Waals surface area contributed by atoms with Crippen molar-refractivity contribution in [3.63, 3.8) is 0 Å². The fourth-order valence-corrected chi connectivity index (χ4v) is 7.01. The highest BCUT2D eigenvalue weighted by Crippen LogP contribution is 2.39. The molecule has 342 valence electrons. The number of rotatable bonds is 20. The summed E-state index contributed by atoms with van der Waals surface area (Å²) in [6.07, 6.45) is 0. The second kappa shape index (κ2) is 24.0. The molecule has 2 unspecified atom stereocenters. The van der Waals surface area contributed by atoms with Crippen LogP contribution in [0.25, 0.3) is 0 Å². The number of azo groups is 2. The van der Waals surface area contributed by atoms with Gasteiger partial charge < -0.3 is 30.7 Å². The molecule has 0 aliphatic carbocycles. The minimum Gasteiger partial charge on any atom is -0.491 e. The standard InChI is InChI=1S/C46H42Cl4N8O8/c1-5-65-36-21-29(51-45(63)40(25(3)59)57-55-34-19-11-15-30(38(34)49)43(61)52-32-17-9-7-13-27(32)23-47)22-37(66-6-2)42(36)54-46(64)41(26(4)60)58-56-35-20-12-16-31(39(35)50)44(62)53-33-18-10-8-14-28(33)24-48/h7-22,40-41H,5-6,23-24H2,1-4H3,(H,51,63)(H,52,61)(H,53,62)(H,54,64). The van der Waals surface area contributed by atoms with Crippen molar-refractivity contribution in [2.24, 2.45) is 20.5 Å². The number of amides is 4. The normalized spacial score (nSPS) is 12.0. The number of anilines is 4. The molecule has 16 nitrogen and oxygen atoms in total. The Morgan fingerprint density at radius 2 is 0.970 bits per heavy atom. The van der Waals surface area contributed by atoms with E-state index in [2.05, 4.69) is 41.7 Å². The van der Waals surface area contributed by atoms with Crippen molar-refractivity contribution >= 4 is 116 Å². The predicted molar refractivity (Wildman–Crippen MR) is 255 cm³/mol. The summed E-state index contributed by atoms with van der Waals surface area (Å²) < 4.78 is 11.6. The number of hydrogen-bond donors (Lipinski definition) is 4. The van der Waals surface area contributed by atoms with Crippen molar-refractivity contribution in [2.45, 2.75) is 51.5 Å². The van der Waals surface area contributed by atoms with Crippen LogP contribution in [0.1, 0.15) is 59.5 Å². The van der Waals surface area contributed by atoms with Crippen LogP contribution in [0.2, 0.25) is 10.0 Å². The number of ketones is 2. The molecule has 5 rings (SSSR count). The van der Waals surface area contributed by atoms with Gasteiger partial charge in [0.1, 0.15) is 28.6 Å². The van der Waals surface area contributed by atoms with E-state index in [1.54, 1.807) is 62.4 Å². The molecule has 0 aliphatic heterocycles. The number of benzene rings is 5. The maximum absolute atomic E-state index is 13.7. The summed E-state index contributed by atoms with van der Waals surface area (Å²) in [5.74, 6) is -3.94. The second-order valence-electron chi connectivity index (χ2n) is 13.9. The molecule has 0 heterocycles. The Hall–Kier alpha value is -6.72. The summed E-state index contributed by atoms with van der Waals surface area (Å²) in [7, 11) is 0. The molecular formula is C46H42Cl4N8O8. The quantitative estimate of drug-likeness (QED) is 0.0333. The first kappa shape index (κ1) is 50.3. The number of hydrogen-bond acceptors (Lipinski definition) is 12. The van der Waals surface area contributed by atoms with Gasteiger partial charge in [-0.25, -0.2) is 0 Å². The summed E-state index contributed by atoms with van der Waals surface area (Å²) in [6, 6.07) is 22.2. The summed E-state index contributed by atoms with van der Waals surface area (Å²) in [5.41, 5.74) is 2.56. The van der Waals surface area contributed by atoms with Crippen LogP contribution in [-0.2, 0) is 30.9 Å². The SMILES string of the molecule is CCOc1cc(NC(=O)C(N=Nc2cccc(C(=O)Nc3ccccc3CCl)c2Cl)C(C)=O)cc(OCC)c1NC(=O)C(N=Nc1cccc(C(=O)Nc2ccccc2CCl)c1Cl)C(C)=O. The monoisotopic (exact) mass is 974 g/mol. The molecule has 5 aromatic rings. The predicted octanol–water partition coefficient (Wildman–Crippen LogP) is 11.1. The molecule has 0 aromatic heterocycles. The van der Waals surface area contributed by atoms with Crippen LogP contribution in [0.3, 0.4) is 0 Å². The molecule has 0 aliphatic rings. The number of para-hydroxylation sites is 2. The lowest BCUT2D eigenvalue weighted by atomic mass is 10.1. The molecule has 2 atom stereocenters. The third-order valence-corrected chi connectivity index (χ3v) is 10.6. The first-order chi connectivity index (χ1) is 31.7. The van der Waals surface area contributed by atoms with E-state index in [1.807, 2.05) is 0 Å². The molecule has 66 heavy (non-hydrogen) atoms. The van der Waals surface area contributed by atoms with Gasteiger partial charge in [0.25, 0.3) is 23.6 Å². The van der Waals surface area contributed by atoms with Crippen molar-refractivity contribution in [3.8, 4) is 11.5 Å². The van der Waals surface area contributed by atoms with Gasteiger partial charge in [-0.3, -0.25) is 28.8 Å². The van der Waals surface area contributed by atoms with Crippen molar-refractivity contribution in [1.82, 2.24) is 0 Å². The van der Waals surface area contributed by atoms with E-state index in [9.17, 15) is 28.8 Å². The van der Waals surface area contributed by atoms with Gasteiger partial charge in [-0.15, -0.1) is 23.2 Å². The van der Waals surface area contributed by atoms with E-state index in [-0.39, 0.29) is 80.4 Å². The minimum absolute atomic E-state index is 0.00635. The second-order valence-corrected chi connectivity index (χ2v) is 15.2. The van der Waals surface area contributed by atoms with Crippen LogP contribution < -0.4 is 30.7 Å². The third kappa shape index (κ3) is 12.8. The van der Waals surface area contributed by atoms with Gasteiger partial charge in [-0.1, -0.05) is 71.7 Å². The minimum atomic E-state index is -1.70. The Morgan fingerprint density at radius 1 is 0.561 bits per heavy atom. The maximum atomic E-state index is 13.7. The molecule has 20 heteroatoms. The molecule has 0 spiro atoms. The summed E-state index contributed by atoms with van der Waals surface area (Å²) in [4.78, 5) is 79.3. The zero-order valence-corrected chi connectivity index (χ0v) is 38.8. The molecule has 4 N–H and O–H groups in total. The van der Waals surface area contributed by atoms with Gasteiger partial charge >= 0.3 is 0 Å². The average molecular weight is 977 g/mol. The number of halogens is 4. The number of Topliss-reactive ketones (excluding diaryl/α,β-unsaturated/α-hetero) is 2. The molecule has 0 saturated heterocycles. The summed E-state index contributed by atoms with van der Waals surface area (Å²) in [5, 5.41) is 26.7. The average Bonchev–Trinajstić information content (AvgIpc) is 3.28. The number of alkyl halides is 2. The lowest BCUT2D eigenvalue weighted by molar-refractivity contribution is -0.127. The van der Waals surface area contributed by atoms with Crippen molar-refractivity contribution in [2.75, 3.05) is 34.5 Å². The van der Waals surface area contributed by atoms with Crippen LogP contribution in [0, 0.1) is 0 Å². The highest BCUT2D eigenvalue weighted by Gasteiger charge is 2.29. The van der Waals surface area contributed by atoms with Crippen LogP contribution in [0.15, 0.2) is 118 Å². The highest BCUT2D eigenvalue weighted by molar-refractivity contribution is 6.37. The van der Waals surface area contributed by atoms with Gasteiger partial charge in [-0.05, 0) is 75.2 Å². The van der Waals surface area contributed by atoms with Gasteiger partial charge in [0, 0.05) is 41.0 Å².